The number of hydrogen-bond acceptors (Lipinski definition) is 6. The zero-order valence-corrected chi connectivity index (χ0v) is 22.4. The van der Waals surface area contributed by atoms with Crippen LogP contribution >= 0.6 is 0 Å². The number of imide groups is 1. The molecule has 0 saturated heterocycles. The summed E-state index contributed by atoms with van der Waals surface area (Å²) in [6.45, 7) is 0.352. The van der Waals surface area contributed by atoms with Crippen LogP contribution < -0.4 is 21.1 Å². The number of phenolic OH excluding ortho intramolecular Hbond substituents is 1. The van der Waals surface area contributed by atoms with Crippen molar-refractivity contribution in [2.75, 3.05) is 13.7 Å². The molecule has 0 heterocycles. The number of benzene rings is 3. The Labute approximate surface area is 233 Å². The van der Waals surface area contributed by atoms with Gasteiger partial charge in [0.2, 0.25) is 17.7 Å². The van der Waals surface area contributed by atoms with Crippen molar-refractivity contribution in [3.05, 3.63) is 95.6 Å². The molecule has 210 valence electrons. The summed E-state index contributed by atoms with van der Waals surface area (Å²) in [5, 5.41) is 23.0. The summed E-state index contributed by atoms with van der Waals surface area (Å²) in [7, 11) is 1.44. The monoisotopic (exact) mass is 545 g/mol. The molecule has 3 aromatic carbocycles. The number of carbonyl (C=O) groups excluding carboxylic acids is 3. The smallest absolute Gasteiger partial charge is 0.243 e. The molecular weight excluding hydrogens is 510 g/mol. The van der Waals surface area contributed by atoms with E-state index < -0.39 is 23.8 Å². The second-order valence-electron chi connectivity index (χ2n) is 9.20. The van der Waals surface area contributed by atoms with Crippen molar-refractivity contribution in [1.82, 2.24) is 15.5 Å². The molecule has 0 aliphatic heterocycles. The molecule has 40 heavy (non-hydrogen) atoms. The molecule has 0 fully saturated rings. The van der Waals surface area contributed by atoms with Crippen LogP contribution in [0.3, 0.4) is 0 Å². The highest BCUT2D eigenvalue weighted by atomic mass is 16.5. The van der Waals surface area contributed by atoms with E-state index in [1.807, 2.05) is 12.1 Å². The Hall–Kier alpha value is -4.86. The van der Waals surface area contributed by atoms with Crippen molar-refractivity contribution < 1.29 is 24.2 Å². The van der Waals surface area contributed by atoms with Gasteiger partial charge in [-0.3, -0.25) is 24.7 Å². The van der Waals surface area contributed by atoms with Crippen molar-refractivity contribution in [3.63, 3.8) is 0 Å². The number of nitrogens with one attached hydrogen (secondary N) is 3. The van der Waals surface area contributed by atoms with Crippen LogP contribution in [-0.4, -0.2) is 53.4 Å². The number of hydrogen-bond donors (Lipinski definition) is 5. The number of nitrogens with two attached hydrogens (primary N) is 1. The van der Waals surface area contributed by atoms with Crippen LogP contribution in [0.1, 0.15) is 29.5 Å². The highest BCUT2D eigenvalue weighted by molar-refractivity contribution is 6.01. The first kappa shape index (κ1) is 29.7. The number of aromatic hydroxyl groups is 1. The van der Waals surface area contributed by atoms with Gasteiger partial charge in [-0.05, 0) is 41.7 Å². The molecule has 1 unspecified atom stereocenters. The normalized spacial score (nSPS) is 11.2. The number of phenols is 1. The quantitative estimate of drug-likeness (QED) is 0.125. The minimum Gasteiger partial charge on any atom is -0.504 e. The summed E-state index contributed by atoms with van der Waals surface area (Å²) in [5.74, 6) is -1.48. The van der Waals surface area contributed by atoms with Crippen molar-refractivity contribution in [2.24, 2.45) is 5.73 Å². The molecule has 6 N–H and O–H groups in total. The molecule has 3 rings (SSSR count). The third kappa shape index (κ3) is 8.87. The predicted octanol–water partition coefficient (Wildman–Crippen LogP) is 2.49. The number of carbonyl (C=O) groups is 3. The lowest BCUT2D eigenvalue weighted by Gasteiger charge is -2.30. The van der Waals surface area contributed by atoms with Gasteiger partial charge < -0.3 is 26.2 Å². The first-order valence-electron chi connectivity index (χ1n) is 12.9. The van der Waals surface area contributed by atoms with Gasteiger partial charge in [0.05, 0.1) is 20.0 Å². The predicted molar refractivity (Wildman–Crippen MR) is 152 cm³/mol. The summed E-state index contributed by atoms with van der Waals surface area (Å²) in [6, 6.07) is 21.7. The van der Waals surface area contributed by atoms with Crippen LogP contribution in [0.4, 0.5) is 0 Å². The standard InChI is InChI=1S/C30H35N5O5/c1-40-26-15-14-23(17-25(26)36)20-34-29(39)24(13-8-16-33-30(31)32)35(27(37)18-21-9-4-2-5-10-21)28(38)19-22-11-6-3-7-12-22/h2-7,9-12,14-15,17,24,36H,8,13,16,18-20H2,1H3,(H,34,39)(H4,31,32,33). The molecule has 3 aromatic rings. The number of ether oxygens (including phenoxy) is 1. The minimum absolute atomic E-state index is 0.0524. The van der Waals surface area contributed by atoms with E-state index in [-0.39, 0.29) is 37.5 Å². The van der Waals surface area contributed by atoms with Gasteiger partial charge in [-0.25, -0.2) is 0 Å². The number of methoxy groups -OCH3 is 1. The van der Waals surface area contributed by atoms with Crippen molar-refractivity contribution in [2.45, 2.75) is 38.3 Å². The van der Waals surface area contributed by atoms with Crippen molar-refractivity contribution >= 4 is 23.7 Å². The lowest BCUT2D eigenvalue weighted by Crippen LogP contribution is -2.53. The van der Waals surface area contributed by atoms with E-state index in [1.165, 1.54) is 13.2 Å². The minimum atomic E-state index is -1.10. The average Bonchev–Trinajstić information content (AvgIpc) is 2.94. The number of guanidine groups is 1. The third-order valence-corrected chi connectivity index (χ3v) is 6.23. The average molecular weight is 546 g/mol. The summed E-state index contributed by atoms with van der Waals surface area (Å²) in [4.78, 5) is 41.9. The molecule has 0 spiro atoms. The highest BCUT2D eigenvalue weighted by Gasteiger charge is 2.34. The third-order valence-electron chi connectivity index (χ3n) is 6.23. The topological polar surface area (TPSA) is 158 Å². The molecule has 0 bridgehead atoms. The van der Waals surface area contributed by atoms with Gasteiger partial charge in [0.1, 0.15) is 6.04 Å². The van der Waals surface area contributed by atoms with Crippen LogP contribution in [0.25, 0.3) is 0 Å². The van der Waals surface area contributed by atoms with E-state index in [0.29, 0.717) is 24.3 Å². The molecule has 10 heteroatoms. The Balaban J connectivity index is 1.87. The molecule has 0 aliphatic carbocycles. The van der Waals surface area contributed by atoms with Crippen molar-refractivity contribution in [1.29, 1.82) is 5.41 Å². The van der Waals surface area contributed by atoms with Gasteiger partial charge in [-0.1, -0.05) is 66.7 Å². The number of rotatable bonds is 13. The lowest BCUT2D eigenvalue weighted by molar-refractivity contribution is -0.151. The SMILES string of the molecule is COc1ccc(CNC(=O)C(CCCNC(=N)N)N(C(=O)Cc2ccccc2)C(=O)Cc2ccccc2)cc1O. The van der Waals surface area contributed by atoms with E-state index in [1.54, 1.807) is 60.7 Å². The van der Waals surface area contributed by atoms with E-state index in [9.17, 15) is 19.5 Å². The molecule has 0 radical (unpaired) electrons. The Morgan fingerprint density at radius 3 is 1.98 bits per heavy atom. The van der Waals surface area contributed by atoms with Gasteiger partial charge in [-0.15, -0.1) is 0 Å². The summed E-state index contributed by atoms with van der Waals surface area (Å²) in [6.07, 6.45) is 0.419. The van der Waals surface area contributed by atoms with E-state index in [0.717, 1.165) is 16.0 Å². The highest BCUT2D eigenvalue weighted by Crippen LogP contribution is 2.26. The second kappa shape index (κ2) is 14.9. The second-order valence-corrected chi connectivity index (χ2v) is 9.20. The van der Waals surface area contributed by atoms with E-state index >= 15 is 0 Å². The van der Waals surface area contributed by atoms with Crippen LogP contribution in [0, 0.1) is 5.41 Å². The summed E-state index contributed by atoms with van der Waals surface area (Å²) >= 11 is 0. The van der Waals surface area contributed by atoms with Gasteiger partial charge in [0.15, 0.2) is 17.5 Å². The van der Waals surface area contributed by atoms with Gasteiger partial charge in [0, 0.05) is 13.1 Å². The van der Waals surface area contributed by atoms with Crippen LogP contribution in [0.15, 0.2) is 78.9 Å². The Morgan fingerprint density at radius 1 is 0.900 bits per heavy atom. The fraction of sp³-hybridized carbons (Fsp3) is 0.267. The first-order valence-corrected chi connectivity index (χ1v) is 12.9. The fourth-order valence-corrected chi connectivity index (χ4v) is 4.25. The fourth-order valence-electron chi connectivity index (χ4n) is 4.25. The van der Waals surface area contributed by atoms with Gasteiger partial charge in [0.25, 0.3) is 0 Å². The Kier molecular flexibility index (Phi) is 11.1. The lowest BCUT2D eigenvalue weighted by atomic mass is 10.0. The zero-order valence-electron chi connectivity index (χ0n) is 22.4. The summed E-state index contributed by atoms with van der Waals surface area (Å²) < 4.78 is 5.07. The maximum absolute atomic E-state index is 13.6. The number of nitrogens with zero attached hydrogens (tertiary/aromatic N) is 1. The largest absolute Gasteiger partial charge is 0.504 e. The molecule has 1 atom stereocenters. The summed E-state index contributed by atoms with van der Waals surface area (Å²) in [5.41, 5.74) is 7.44. The Morgan fingerprint density at radius 2 is 1.48 bits per heavy atom. The van der Waals surface area contributed by atoms with Crippen LogP contribution in [0.5, 0.6) is 11.5 Å². The maximum atomic E-state index is 13.6. The molecular formula is C30H35N5O5. The van der Waals surface area contributed by atoms with Crippen LogP contribution in [0.2, 0.25) is 0 Å². The van der Waals surface area contributed by atoms with E-state index in [2.05, 4.69) is 10.6 Å². The molecule has 0 aromatic heterocycles. The number of amides is 3. The molecule has 10 nitrogen and oxygen atoms in total. The molecule has 0 aliphatic rings. The maximum Gasteiger partial charge on any atom is 0.243 e. The Bertz CT molecular complexity index is 1250. The van der Waals surface area contributed by atoms with Gasteiger partial charge in [-0.2, -0.15) is 0 Å². The van der Waals surface area contributed by atoms with Gasteiger partial charge >= 0.3 is 0 Å². The van der Waals surface area contributed by atoms with Crippen molar-refractivity contribution in [3.8, 4) is 11.5 Å². The molecule has 0 saturated carbocycles. The molecule has 3 amide bonds. The van der Waals surface area contributed by atoms with E-state index in [4.69, 9.17) is 15.9 Å². The zero-order chi connectivity index (χ0) is 28.9. The van der Waals surface area contributed by atoms with Crippen LogP contribution in [-0.2, 0) is 33.8 Å². The first-order chi connectivity index (χ1) is 19.3.